The van der Waals surface area contributed by atoms with Crippen LogP contribution in [0.5, 0.6) is 5.75 Å². The molecule has 0 radical (unpaired) electrons. The number of benzene rings is 2. The monoisotopic (exact) mass is 315 g/mol. The maximum atomic E-state index is 11.8. The lowest BCUT2D eigenvalue weighted by Gasteiger charge is -2.30. The zero-order valence-electron chi connectivity index (χ0n) is 12.5. The van der Waals surface area contributed by atoms with Crippen molar-refractivity contribution in [2.24, 2.45) is 5.73 Å². The maximum absolute atomic E-state index is 11.8. The van der Waals surface area contributed by atoms with Gasteiger partial charge in [-0.2, -0.15) is 0 Å². The van der Waals surface area contributed by atoms with Crippen LogP contribution in [0, 0.1) is 0 Å². The molecule has 0 aromatic heterocycles. The zero-order valence-corrected chi connectivity index (χ0v) is 12.5. The second kappa shape index (κ2) is 7.17. The molecule has 0 aliphatic carbocycles. The van der Waals surface area contributed by atoms with Gasteiger partial charge in [0.25, 0.3) is 0 Å². The molecule has 4 N–H and O–H groups in total. The predicted octanol–water partition coefficient (Wildman–Crippen LogP) is 1.91. The van der Waals surface area contributed by atoms with Crippen molar-refractivity contribution in [3.05, 3.63) is 60.2 Å². The van der Waals surface area contributed by atoms with Crippen molar-refractivity contribution < 1.29 is 19.4 Å². The van der Waals surface area contributed by atoms with Gasteiger partial charge in [-0.25, -0.2) is 15.0 Å². The molecule has 0 bridgehead atoms. The van der Waals surface area contributed by atoms with Crippen LogP contribution in [0.1, 0.15) is 11.6 Å². The number of hydrogen-bond acceptors (Lipinski definition) is 4. The summed E-state index contributed by atoms with van der Waals surface area (Å²) in [6.45, 7) is 0. The van der Waals surface area contributed by atoms with Gasteiger partial charge in [0, 0.05) is 0 Å². The van der Waals surface area contributed by atoms with Crippen molar-refractivity contribution in [1.29, 1.82) is 0 Å². The molecule has 23 heavy (non-hydrogen) atoms. The van der Waals surface area contributed by atoms with Crippen molar-refractivity contribution in [2.45, 2.75) is 6.04 Å². The third-order valence-electron chi connectivity index (χ3n) is 3.19. The van der Waals surface area contributed by atoms with E-state index in [1.165, 1.54) is 12.1 Å². The lowest BCUT2D eigenvalue weighted by atomic mass is 10.1. The Morgan fingerprint density at radius 1 is 1.13 bits per heavy atom. The predicted molar refractivity (Wildman–Crippen MR) is 85.0 cm³/mol. The number of rotatable bonds is 6. The molecule has 7 heteroatoms. The Labute approximate surface area is 133 Å². The Hall–Kier alpha value is -3.22. The van der Waals surface area contributed by atoms with Crippen molar-refractivity contribution in [3.63, 3.8) is 0 Å². The fourth-order valence-electron chi connectivity index (χ4n) is 2.17. The Kier molecular flexibility index (Phi) is 5.03. The number of amides is 2. The van der Waals surface area contributed by atoms with Crippen LogP contribution < -0.4 is 20.9 Å². The van der Waals surface area contributed by atoms with Crippen LogP contribution in [0.15, 0.2) is 54.6 Å². The third kappa shape index (κ3) is 3.91. The van der Waals surface area contributed by atoms with E-state index in [1.807, 2.05) is 0 Å². The molecule has 1 atom stereocenters. The molecule has 2 aromatic rings. The zero-order chi connectivity index (χ0) is 16.8. The van der Waals surface area contributed by atoms with E-state index in [1.54, 1.807) is 54.6 Å². The first-order chi connectivity index (χ1) is 11.0. The van der Waals surface area contributed by atoms with Crippen molar-refractivity contribution >= 4 is 17.7 Å². The summed E-state index contributed by atoms with van der Waals surface area (Å²) in [5.41, 5.74) is 8.52. The largest absolute Gasteiger partial charge is 0.497 e. The van der Waals surface area contributed by atoms with E-state index < -0.39 is 18.0 Å². The number of carboxylic acids is 1. The number of carbonyl (C=O) groups is 2. The summed E-state index contributed by atoms with van der Waals surface area (Å²) in [5.74, 6) is -0.528. The Morgan fingerprint density at radius 2 is 1.74 bits per heavy atom. The lowest BCUT2D eigenvalue weighted by Crippen LogP contribution is -2.49. The molecule has 0 saturated heterocycles. The lowest BCUT2D eigenvalue weighted by molar-refractivity contribution is -0.138. The fourth-order valence-corrected chi connectivity index (χ4v) is 2.17. The third-order valence-corrected chi connectivity index (χ3v) is 3.19. The number of primary amides is 1. The van der Waals surface area contributed by atoms with Gasteiger partial charge < -0.3 is 15.6 Å². The summed E-state index contributed by atoms with van der Waals surface area (Å²) in [6.07, 6.45) is 0. The first-order valence-corrected chi connectivity index (χ1v) is 6.80. The number of anilines is 1. The van der Waals surface area contributed by atoms with Crippen LogP contribution in [-0.2, 0) is 4.79 Å². The topological polar surface area (TPSA) is 105 Å². The van der Waals surface area contributed by atoms with Gasteiger partial charge in [0.2, 0.25) is 0 Å². The van der Waals surface area contributed by atoms with Crippen LogP contribution in [0.25, 0.3) is 0 Å². The highest BCUT2D eigenvalue weighted by atomic mass is 16.5. The summed E-state index contributed by atoms with van der Waals surface area (Å²) >= 11 is 0. The molecule has 0 heterocycles. The van der Waals surface area contributed by atoms with E-state index in [4.69, 9.17) is 10.5 Å². The number of nitrogens with one attached hydrogen (secondary N) is 1. The number of aliphatic carboxylic acids is 1. The van der Waals surface area contributed by atoms with Crippen molar-refractivity contribution in [3.8, 4) is 5.75 Å². The molecular formula is C16H17N3O4. The second-order valence-electron chi connectivity index (χ2n) is 4.70. The number of nitrogens with two attached hydrogens (primary N) is 1. The highest BCUT2D eigenvalue weighted by Gasteiger charge is 2.29. The molecule has 7 nitrogen and oxygen atoms in total. The van der Waals surface area contributed by atoms with E-state index in [0.717, 1.165) is 0 Å². The minimum Gasteiger partial charge on any atom is -0.497 e. The molecule has 0 aliphatic rings. The normalized spacial score (nSPS) is 11.3. The number of methoxy groups -OCH3 is 1. The van der Waals surface area contributed by atoms with Crippen LogP contribution >= 0.6 is 0 Å². The van der Waals surface area contributed by atoms with Crippen LogP contribution in [0.4, 0.5) is 10.5 Å². The number of carboxylic acid groups (broad SMARTS) is 1. The van der Waals surface area contributed by atoms with E-state index in [0.29, 0.717) is 17.0 Å². The van der Waals surface area contributed by atoms with E-state index in [-0.39, 0.29) is 0 Å². The average Bonchev–Trinajstić information content (AvgIpc) is 2.55. The molecule has 2 amide bonds. The maximum Gasteiger partial charge on any atom is 0.333 e. The summed E-state index contributed by atoms with van der Waals surface area (Å²) in [6, 6.07) is 13.2. The summed E-state index contributed by atoms with van der Waals surface area (Å²) in [7, 11) is 1.52. The molecule has 120 valence electrons. The minimum absolute atomic E-state index is 0.468. The summed E-state index contributed by atoms with van der Waals surface area (Å²) in [4.78, 5) is 23.1. The number of hydrogen-bond donors (Lipinski definition) is 3. The van der Waals surface area contributed by atoms with Crippen LogP contribution in [0.2, 0.25) is 0 Å². The molecular weight excluding hydrogens is 298 g/mol. The van der Waals surface area contributed by atoms with Crippen LogP contribution in [0.3, 0.4) is 0 Å². The van der Waals surface area contributed by atoms with Crippen molar-refractivity contribution in [2.75, 3.05) is 12.1 Å². The van der Waals surface area contributed by atoms with E-state index in [9.17, 15) is 14.7 Å². The average molecular weight is 315 g/mol. The number of hydrazine groups is 1. The first kappa shape index (κ1) is 16.2. The minimum atomic E-state index is -1.14. The highest BCUT2D eigenvalue weighted by Crippen LogP contribution is 2.27. The fraction of sp³-hybridized carbons (Fsp3) is 0.125. The molecule has 0 saturated carbocycles. The Morgan fingerprint density at radius 3 is 2.22 bits per heavy atom. The van der Waals surface area contributed by atoms with Gasteiger partial charge in [0.1, 0.15) is 5.75 Å². The van der Waals surface area contributed by atoms with Gasteiger partial charge in [0.05, 0.1) is 12.8 Å². The number of carbonyl (C=O) groups excluding carboxylic acids is 1. The van der Waals surface area contributed by atoms with Gasteiger partial charge in [-0.05, 0) is 29.8 Å². The molecule has 0 aliphatic heterocycles. The van der Waals surface area contributed by atoms with Gasteiger partial charge in [-0.15, -0.1) is 0 Å². The Balaban J connectivity index is 2.45. The smallest absolute Gasteiger partial charge is 0.333 e. The quantitative estimate of drug-likeness (QED) is 0.706. The van der Waals surface area contributed by atoms with Gasteiger partial charge in [0.15, 0.2) is 6.04 Å². The highest BCUT2D eigenvalue weighted by molar-refractivity contribution is 5.83. The SMILES string of the molecule is COc1ccc(C(C(=O)O)N(NC(N)=O)c2ccccc2)cc1. The van der Waals surface area contributed by atoms with E-state index in [2.05, 4.69) is 5.43 Å². The van der Waals surface area contributed by atoms with E-state index >= 15 is 0 Å². The molecule has 2 rings (SSSR count). The van der Waals surface area contributed by atoms with Crippen LogP contribution in [-0.4, -0.2) is 24.2 Å². The van der Waals surface area contributed by atoms with Gasteiger partial charge in [-0.1, -0.05) is 30.3 Å². The molecule has 0 spiro atoms. The molecule has 2 aromatic carbocycles. The number of para-hydroxylation sites is 1. The van der Waals surface area contributed by atoms with Crippen molar-refractivity contribution in [1.82, 2.24) is 5.43 Å². The number of ether oxygens (including phenoxy) is 1. The standard InChI is InChI=1S/C16H17N3O4/c1-23-13-9-7-11(8-10-13)14(15(20)21)19(18-16(17)22)12-5-3-2-4-6-12/h2-10,14H,1H3,(H,20,21)(H3,17,18,22). The molecule has 0 fully saturated rings. The molecule has 1 unspecified atom stereocenters. The van der Waals surface area contributed by atoms with Gasteiger partial charge >= 0.3 is 12.0 Å². The second-order valence-corrected chi connectivity index (χ2v) is 4.70. The summed E-state index contributed by atoms with van der Waals surface area (Å²) < 4.78 is 5.07. The Bertz CT molecular complexity index is 673. The number of urea groups is 1. The summed E-state index contributed by atoms with van der Waals surface area (Å²) in [5, 5.41) is 10.8. The van der Waals surface area contributed by atoms with Gasteiger partial charge in [-0.3, -0.25) is 5.01 Å². The number of nitrogens with zero attached hydrogens (tertiary/aromatic N) is 1. The first-order valence-electron chi connectivity index (χ1n) is 6.80.